The van der Waals surface area contributed by atoms with Crippen molar-refractivity contribution in [3.05, 3.63) is 52.9 Å². The van der Waals surface area contributed by atoms with E-state index in [1.54, 1.807) is 26.5 Å². The molecule has 2 heterocycles. The second-order valence-corrected chi connectivity index (χ2v) is 5.56. The topological polar surface area (TPSA) is 36.3 Å². The Kier molecular flexibility index (Phi) is 3.84. The Morgan fingerprint density at radius 2 is 2.00 bits per heavy atom. The number of rotatable bonds is 4. The maximum absolute atomic E-state index is 5.44. The molecule has 0 bridgehead atoms. The van der Waals surface area contributed by atoms with Gasteiger partial charge in [-0.2, -0.15) is 0 Å². The van der Waals surface area contributed by atoms with Gasteiger partial charge in [0.05, 0.1) is 20.8 Å². The number of pyridine rings is 1. The molecule has 0 aliphatic carbocycles. The molecule has 3 aromatic rings. The fourth-order valence-corrected chi connectivity index (χ4v) is 2.77. The average Bonchev–Trinajstić information content (AvgIpc) is 2.89. The summed E-state index contributed by atoms with van der Waals surface area (Å²) in [6, 6.07) is 10.1. The van der Waals surface area contributed by atoms with E-state index >= 15 is 0 Å². The van der Waals surface area contributed by atoms with E-state index in [4.69, 9.17) is 9.47 Å². The monoisotopic (exact) mass is 346 g/mol. The molecule has 5 heteroatoms. The Labute approximate surface area is 131 Å². The molecule has 108 valence electrons. The minimum absolute atomic E-state index is 0.625. The third-order valence-corrected chi connectivity index (χ3v) is 3.92. The number of benzene rings is 1. The summed E-state index contributed by atoms with van der Waals surface area (Å²) in [4.78, 5) is 4.42. The fraction of sp³-hybridized carbons (Fsp3) is 0.188. The summed E-state index contributed by atoms with van der Waals surface area (Å²) in [6.07, 6.45) is 3.79. The Morgan fingerprint density at radius 1 is 1.14 bits per heavy atom. The normalized spacial score (nSPS) is 10.8. The van der Waals surface area contributed by atoms with Crippen molar-refractivity contribution in [2.24, 2.45) is 0 Å². The van der Waals surface area contributed by atoms with Crippen molar-refractivity contribution in [1.29, 1.82) is 0 Å². The Balaban J connectivity index is 2.04. The fourth-order valence-electron chi connectivity index (χ4n) is 2.42. The lowest BCUT2D eigenvalue weighted by molar-refractivity contribution is 0.348. The summed E-state index contributed by atoms with van der Waals surface area (Å²) >= 11 is 3.51. The van der Waals surface area contributed by atoms with Crippen LogP contribution in [-0.4, -0.2) is 23.8 Å². The van der Waals surface area contributed by atoms with Gasteiger partial charge >= 0.3 is 0 Å². The van der Waals surface area contributed by atoms with E-state index < -0.39 is 0 Å². The molecule has 4 nitrogen and oxygen atoms in total. The minimum Gasteiger partial charge on any atom is -0.493 e. The quantitative estimate of drug-likeness (QED) is 0.719. The van der Waals surface area contributed by atoms with Gasteiger partial charge in [0, 0.05) is 28.4 Å². The van der Waals surface area contributed by atoms with Gasteiger partial charge in [-0.3, -0.25) is 4.98 Å². The van der Waals surface area contributed by atoms with E-state index in [9.17, 15) is 0 Å². The number of aromatic nitrogens is 2. The van der Waals surface area contributed by atoms with E-state index in [1.807, 2.05) is 6.07 Å². The van der Waals surface area contributed by atoms with Crippen LogP contribution in [0.2, 0.25) is 0 Å². The molecule has 0 atom stereocenters. The zero-order chi connectivity index (χ0) is 14.8. The van der Waals surface area contributed by atoms with Gasteiger partial charge in [-0.25, -0.2) is 0 Å². The van der Waals surface area contributed by atoms with Crippen LogP contribution < -0.4 is 9.47 Å². The van der Waals surface area contributed by atoms with Crippen molar-refractivity contribution in [3.8, 4) is 11.5 Å². The molecule has 21 heavy (non-hydrogen) atoms. The summed E-state index contributed by atoms with van der Waals surface area (Å²) in [5, 5.41) is 1.19. The molecule has 0 aliphatic heterocycles. The van der Waals surface area contributed by atoms with Crippen LogP contribution in [0.25, 0.3) is 10.9 Å². The molecule has 3 rings (SSSR count). The highest BCUT2D eigenvalue weighted by atomic mass is 79.9. The second-order valence-electron chi connectivity index (χ2n) is 4.64. The van der Waals surface area contributed by atoms with E-state index in [0.29, 0.717) is 18.0 Å². The zero-order valence-electron chi connectivity index (χ0n) is 11.8. The van der Waals surface area contributed by atoms with E-state index in [-0.39, 0.29) is 0 Å². The van der Waals surface area contributed by atoms with E-state index in [0.717, 1.165) is 15.7 Å². The van der Waals surface area contributed by atoms with Gasteiger partial charge < -0.3 is 14.0 Å². The molecular formula is C16H15BrN2O2. The van der Waals surface area contributed by atoms with Crippen molar-refractivity contribution >= 4 is 26.8 Å². The molecule has 0 saturated heterocycles. The van der Waals surface area contributed by atoms with Gasteiger partial charge in [-0.15, -0.1) is 0 Å². The summed E-state index contributed by atoms with van der Waals surface area (Å²) in [5.41, 5.74) is 1.99. The molecule has 2 aromatic heterocycles. The van der Waals surface area contributed by atoms with Gasteiger partial charge in [-0.05, 0) is 23.6 Å². The first kappa shape index (κ1) is 13.9. The van der Waals surface area contributed by atoms with Gasteiger partial charge in [0.15, 0.2) is 11.5 Å². The lowest BCUT2D eigenvalue weighted by atomic mass is 10.2. The van der Waals surface area contributed by atoms with Crippen molar-refractivity contribution in [1.82, 2.24) is 9.55 Å². The highest BCUT2D eigenvalue weighted by Crippen LogP contribution is 2.30. The van der Waals surface area contributed by atoms with E-state index in [2.05, 4.69) is 49.9 Å². The SMILES string of the molecule is COc1ccnc(Cn2ccc3ccc(Br)cc32)c1OC. The molecule has 0 fully saturated rings. The van der Waals surface area contributed by atoms with Gasteiger partial charge in [0.25, 0.3) is 0 Å². The van der Waals surface area contributed by atoms with Crippen LogP contribution in [0, 0.1) is 0 Å². The minimum atomic E-state index is 0.625. The first-order valence-electron chi connectivity index (χ1n) is 6.53. The largest absolute Gasteiger partial charge is 0.493 e. The number of halogens is 1. The molecule has 0 unspecified atom stereocenters. The van der Waals surface area contributed by atoms with Crippen LogP contribution in [0.4, 0.5) is 0 Å². The standard InChI is InChI=1S/C16H15BrN2O2/c1-20-15-5-7-18-13(16(15)21-2)10-19-8-6-11-3-4-12(17)9-14(11)19/h3-9H,10H2,1-2H3. The van der Waals surface area contributed by atoms with Crippen LogP contribution in [0.3, 0.4) is 0 Å². The van der Waals surface area contributed by atoms with Gasteiger partial charge in [-0.1, -0.05) is 22.0 Å². The van der Waals surface area contributed by atoms with Crippen LogP contribution >= 0.6 is 15.9 Å². The summed E-state index contributed by atoms with van der Waals surface area (Å²) in [5.74, 6) is 1.37. The van der Waals surface area contributed by atoms with Crippen LogP contribution in [-0.2, 0) is 6.54 Å². The van der Waals surface area contributed by atoms with Gasteiger partial charge in [0.2, 0.25) is 0 Å². The predicted molar refractivity (Wildman–Crippen MR) is 86.1 cm³/mol. The molecule has 0 amide bonds. The molecular weight excluding hydrogens is 332 g/mol. The number of nitrogens with zero attached hydrogens (tertiary/aromatic N) is 2. The number of fused-ring (bicyclic) bond motifs is 1. The number of hydrogen-bond donors (Lipinski definition) is 0. The van der Waals surface area contributed by atoms with Crippen molar-refractivity contribution < 1.29 is 9.47 Å². The van der Waals surface area contributed by atoms with Crippen LogP contribution in [0.15, 0.2) is 47.2 Å². The summed E-state index contributed by atoms with van der Waals surface area (Å²) in [6.45, 7) is 0.625. The molecule has 1 aromatic carbocycles. The third kappa shape index (κ3) is 2.61. The zero-order valence-corrected chi connectivity index (χ0v) is 13.4. The maximum Gasteiger partial charge on any atom is 0.184 e. The lowest BCUT2D eigenvalue weighted by Gasteiger charge is -2.12. The Morgan fingerprint density at radius 3 is 2.76 bits per heavy atom. The highest BCUT2D eigenvalue weighted by Gasteiger charge is 2.12. The van der Waals surface area contributed by atoms with Crippen LogP contribution in [0.1, 0.15) is 5.69 Å². The molecule has 0 spiro atoms. The Bertz CT molecular complexity index is 783. The maximum atomic E-state index is 5.44. The van der Waals surface area contributed by atoms with Crippen LogP contribution in [0.5, 0.6) is 11.5 Å². The average molecular weight is 347 g/mol. The van der Waals surface area contributed by atoms with Crippen molar-refractivity contribution in [2.45, 2.75) is 6.54 Å². The number of hydrogen-bond acceptors (Lipinski definition) is 3. The predicted octanol–water partition coefficient (Wildman–Crippen LogP) is 3.86. The molecule has 0 aliphatic rings. The first-order valence-corrected chi connectivity index (χ1v) is 7.32. The molecule has 0 radical (unpaired) electrons. The highest BCUT2D eigenvalue weighted by molar-refractivity contribution is 9.10. The summed E-state index contributed by atoms with van der Waals surface area (Å²) in [7, 11) is 3.26. The second kappa shape index (κ2) is 5.77. The van der Waals surface area contributed by atoms with Crippen molar-refractivity contribution in [2.75, 3.05) is 14.2 Å². The number of ether oxygens (including phenoxy) is 2. The molecule has 0 N–H and O–H groups in total. The third-order valence-electron chi connectivity index (χ3n) is 3.42. The Hall–Kier alpha value is -2.01. The first-order chi connectivity index (χ1) is 10.2. The summed E-state index contributed by atoms with van der Waals surface area (Å²) < 4.78 is 14.0. The molecule has 0 saturated carbocycles. The smallest absolute Gasteiger partial charge is 0.184 e. The van der Waals surface area contributed by atoms with Crippen molar-refractivity contribution in [3.63, 3.8) is 0 Å². The number of methoxy groups -OCH3 is 2. The van der Waals surface area contributed by atoms with Gasteiger partial charge in [0.1, 0.15) is 5.69 Å². The van der Waals surface area contributed by atoms with E-state index in [1.165, 1.54) is 5.39 Å². The lowest BCUT2D eigenvalue weighted by Crippen LogP contribution is -2.04.